The number of rotatable bonds is 6. The molecule has 0 spiro atoms. The lowest BCUT2D eigenvalue weighted by Crippen LogP contribution is -2.37. The van der Waals surface area contributed by atoms with Gasteiger partial charge >= 0.3 is 0 Å². The average molecular weight is 378 g/mol. The molecule has 1 saturated heterocycles. The zero-order chi connectivity index (χ0) is 19.1. The lowest BCUT2D eigenvalue weighted by Gasteiger charge is -2.29. The highest BCUT2D eigenvalue weighted by Crippen LogP contribution is 2.54. The summed E-state index contributed by atoms with van der Waals surface area (Å²) in [5.41, 5.74) is 2.87. The molecular formula is C21H22N4O3. The van der Waals surface area contributed by atoms with Crippen LogP contribution >= 0.6 is 0 Å². The predicted molar refractivity (Wildman–Crippen MR) is 102 cm³/mol. The summed E-state index contributed by atoms with van der Waals surface area (Å²) in [4.78, 5) is 0. The summed E-state index contributed by atoms with van der Waals surface area (Å²) in [6, 6.07) is 16.1. The highest BCUT2D eigenvalue weighted by molar-refractivity contribution is 5.60. The van der Waals surface area contributed by atoms with Crippen molar-refractivity contribution in [2.45, 2.75) is 44.8 Å². The van der Waals surface area contributed by atoms with Gasteiger partial charge in [-0.05, 0) is 48.0 Å². The minimum absolute atomic E-state index is 0.0947. The molecule has 3 aromatic rings. The van der Waals surface area contributed by atoms with Crippen molar-refractivity contribution < 1.29 is 14.2 Å². The molecule has 144 valence electrons. The first-order valence-corrected chi connectivity index (χ1v) is 9.48. The monoisotopic (exact) mass is 378 g/mol. The standard InChI is InChI=1S/C21H22N4O3/c1-21(2)19-18(27-19)16-12-15(8-9-17(16)28-21)20-22-23-24-25(20)10-11-26-13-14-6-4-3-5-7-14/h3-9,12,18-19H,10-11,13H2,1-2H3. The fourth-order valence-electron chi connectivity index (χ4n) is 3.70. The SMILES string of the molecule is CC1(C)Oc2ccc(-c3nnnn3CCOCc3ccccc3)cc2C2OC21. The second-order valence-electron chi connectivity index (χ2n) is 7.70. The number of aromatic nitrogens is 4. The van der Waals surface area contributed by atoms with E-state index in [4.69, 9.17) is 14.2 Å². The highest BCUT2D eigenvalue weighted by atomic mass is 16.6. The van der Waals surface area contributed by atoms with Crippen LogP contribution in [-0.4, -0.2) is 38.5 Å². The molecule has 2 aliphatic rings. The van der Waals surface area contributed by atoms with Crippen LogP contribution in [0.15, 0.2) is 48.5 Å². The van der Waals surface area contributed by atoms with Crippen molar-refractivity contribution in [3.63, 3.8) is 0 Å². The quantitative estimate of drug-likeness (QED) is 0.484. The Morgan fingerprint density at radius 1 is 1.14 bits per heavy atom. The predicted octanol–water partition coefficient (Wildman–Crippen LogP) is 3.17. The zero-order valence-corrected chi connectivity index (χ0v) is 15.9. The van der Waals surface area contributed by atoms with Gasteiger partial charge in [0.05, 0.1) is 19.8 Å². The Hall–Kier alpha value is -2.77. The van der Waals surface area contributed by atoms with Crippen LogP contribution in [0.2, 0.25) is 0 Å². The van der Waals surface area contributed by atoms with Crippen LogP contribution in [0.5, 0.6) is 5.75 Å². The highest BCUT2D eigenvalue weighted by Gasteiger charge is 2.56. The van der Waals surface area contributed by atoms with Crippen molar-refractivity contribution in [2.75, 3.05) is 6.61 Å². The summed E-state index contributed by atoms with van der Waals surface area (Å²) in [6.07, 6.45) is 0.204. The first-order chi connectivity index (χ1) is 13.6. The van der Waals surface area contributed by atoms with Gasteiger partial charge in [0.25, 0.3) is 0 Å². The van der Waals surface area contributed by atoms with Gasteiger partial charge < -0.3 is 14.2 Å². The van der Waals surface area contributed by atoms with Gasteiger partial charge in [-0.1, -0.05) is 30.3 Å². The number of benzene rings is 2. The smallest absolute Gasteiger partial charge is 0.182 e. The summed E-state index contributed by atoms with van der Waals surface area (Å²) >= 11 is 0. The van der Waals surface area contributed by atoms with Crippen molar-refractivity contribution in [2.24, 2.45) is 0 Å². The molecule has 0 bridgehead atoms. The van der Waals surface area contributed by atoms with Crippen molar-refractivity contribution in [1.29, 1.82) is 0 Å². The Labute approximate surface area is 163 Å². The van der Waals surface area contributed by atoms with E-state index in [1.54, 1.807) is 4.68 Å². The molecule has 2 unspecified atom stereocenters. The molecule has 5 rings (SSSR count). The molecule has 7 heteroatoms. The fraction of sp³-hybridized carbons (Fsp3) is 0.381. The maximum Gasteiger partial charge on any atom is 0.182 e. The fourth-order valence-corrected chi connectivity index (χ4v) is 3.70. The number of tetrazole rings is 1. The van der Waals surface area contributed by atoms with Crippen molar-refractivity contribution >= 4 is 0 Å². The molecule has 1 fully saturated rings. The van der Waals surface area contributed by atoms with E-state index in [1.807, 2.05) is 42.5 Å². The van der Waals surface area contributed by atoms with E-state index in [2.05, 4.69) is 35.4 Å². The Morgan fingerprint density at radius 3 is 2.86 bits per heavy atom. The van der Waals surface area contributed by atoms with Crippen LogP contribution < -0.4 is 4.74 Å². The van der Waals surface area contributed by atoms with Gasteiger partial charge in [-0.3, -0.25) is 0 Å². The molecule has 1 aromatic heterocycles. The summed E-state index contributed by atoms with van der Waals surface area (Å²) in [6.45, 7) is 5.81. The first kappa shape index (κ1) is 17.3. The molecule has 0 N–H and O–H groups in total. The minimum Gasteiger partial charge on any atom is -0.485 e. The molecular weight excluding hydrogens is 356 g/mol. The molecule has 7 nitrogen and oxygen atoms in total. The lowest BCUT2D eigenvalue weighted by molar-refractivity contribution is 0.0725. The average Bonchev–Trinajstić information content (AvgIpc) is 3.39. The second kappa shape index (κ2) is 6.68. The van der Waals surface area contributed by atoms with Gasteiger partial charge in [-0.2, -0.15) is 0 Å². The third-order valence-corrected chi connectivity index (χ3v) is 5.22. The van der Waals surface area contributed by atoms with Crippen LogP contribution in [0.1, 0.15) is 31.1 Å². The van der Waals surface area contributed by atoms with E-state index < -0.39 is 0 Å². The van der Waals surface area contributed by atoms with Gasteiger partial charge in [0.1, 0.15) is 23.6 Å². The van der Waals surface area contributed by atoms with Crippen molar-refractivity contribution in [1.82, 2.24) is 20.2 Å². The van der Waals surface area contributed by atoms with Gasteiger partial charge in [-0.15, -0.1) is 5.10 Å². The summed E-state index contributed by atoms with van der Waals surface area (Å²) in [5.74, 6) is 1.59. The molecule has 3 heterocycles. The van der Waals surface area contributed by atoms with Crippen molar-refractivity contribution in [3.8, 4) is 17.1 Å². The van der Waals surface area contributed by atoms with Crippen LogP contribution in [0, 0.1) is 0 Å². The van der Waals surface area contributed by atoms with Crippen LogP contribution in [0.25, 0.3) is 11.4 Å². The summed E-state index contributed by atoms with van der Waals surface area (Å²) in [7, 11) is 0. The first-order valence-electron chi connectivity index (χ1n) is 9.48. The van der Waals surface area contributed by atoms with Crippen LogP contribution in [-0.2, 0) is 22.6 Å². The van der Waals surface area contributed by atoms with Gasteiger partial charge in [0, 0.05) is 11.1 Å². The molecule has 2 aliphatic heterocycles. The Balaban J connectivity index is 1.28. The van der Waals surface area contributed by atoms with E-state index in [-0.39, 0.29) is 17.8 Å². The van der Waals surface area contributed by atoms with Crippen LogP contribution in [0.4, 0.5) is 0 Å². The third kappa shape index (κ3) is 3.16. The van der Waals surface area contributed by atoms with Gasteiger partial charge in [0.2, 0.25) is 0 Å². The molecule has 2 aromatic carbocycles. The number of hydrogen-bond donors (Lipinski definition) is 0. The number of hydrogen-bond acceptors (Lipinski definition) is 6. The number of nitrogens with zero attached hydrogens (tertiary/aromatic N) is 4. The molecule has 0 aliphatic carbocycles. The van der Waals surface area contributed by atoms with E-state index in [0.717, 1.165) is 22.4 Å². The second-order valence-corrected chi connectivity index (χ2v) is 7.70. The molecule has 28 heavy (non-hydrogen) atoms. The Morgan fingerprint density at radius 2 is 2.00 bits per heavy atom. The maximum atomic E-state index is 6.09. The number of epoxide rings is 1. The van der Waals surface area contributed by atoms with E-state index in [1.165, 1.54) is 0 Å². The van der Waals surface area contributed by atoms with Crippen LogP contribution in [0.3, 0.4) is 0 Å². The Kier molecular flexibility index (Phi) is 4.14. The number of fused-ring (bicyclic) bond motifs is 3. The Bertz CT molecular complexity index is 986. The molecule has 2 atom stereocenters. The molecule has 0 radical (unpaired) electrons. The van der Waals surface area contributed by atoms with E-state index in [9.17, 15) is 0 Å². The normalized spacial score (nSPS) is 21.5. The topological polar surface area (TPSA) is 74.6 Å². The van der Waals surface area contributed by atoms with Gasteiger partial charge in [-0.25, -0.2) is 4.68 Å². The summed E-state index contributed by atoms with van der Waals surface area (Å²) < 4.78 is 19.5. The van der Waals surface area contributed by atoms with E-state index >= 15 is 0 Å². The lowest BCUT2D eigenvalue weighted by atomic mass is 9.93. The summed E-state index contributed by atoms with van der Waals surface area (Å²) in [5, 5.41) is 12.2. The molecule has 0 saturated carbocycles. The maximum absolute atomic E-state index is 6.09. The third-order valence-electron chi connectivity index (χ3n) is 5.22. The number of ether oxygens (including phenoxy) is 3. The zero-order valence-electron chi connectivity index (χ0n) is 15.9. The molecule has 0 amide bonds. The van der Waals surface area contributed by atoms with E-state index in [0.29, 0.717) is 25.6 Å². The largest absolute Gasteiger partial charge is 0.485 e. The van der Waals surface area contributed by atoms with Crippen molar-refractivity contribution in [3.05, 3.63) is 59.7 Å². The van der Waals surface area contributed by atoms with Gasteiger partial charge in [0.15, 0.2) is 5.82 Å². The minimum atomic E-state index is -0.295.